The zero-order valence-electron chi connectivity index (χ0n) is 9.47. The maximum atomic E-state index is 10.8. The SMILES string of the molecule is COc1cccc(C(=O)O)c1C(=O)O.O=S(=O)(O)O. The van der Waals surface area contributed by atoms with E-state index in [-0.39, 0.29) is 16.9 Å². The summed E-state index contributed by atoms with van der Waals surface area (Å²) in [7, 11) is -3.38. The second-order valence-electron chi connectivity index (χ2n) is 2.94. The molecule has 0 saturated carbocycles. The van der Waals surface area contributed by atoms with E-state index < -0.39 is 22.3 Å². The summed E-state index contributed by atoms with van der Waals surface area (Å²) in [5.74, 6) is -2.57. The summed E-state index contributed by atoms with van der Waals surface area (Å²) in [5.41, 5.74) is -0.612. The molecular weight excluding hydrogens is 284 g/mol. The minimum Gasteiger partial charge on any atom is -0.496 e. The molecule has 9 nitrogen and oxygen atoms in total. The molecule has 1 aromatic carbocycles. The Bertz CT molecular complexity index is 567. The Kier molecular flexibility index (Phi) is 5.92. The van der Waals surface area contributed by atoms with Crippen LogP contribution in [0, 0.1) is 0 Å². The van der Waals surface area contributed by atoms with Gasteiger partial charge in [-0.3, -0.25) is 9.11 Å². The molecule has 0 fully saturated rings. The molecule has 0 amide bonds. The highest BCUT2D eigenvalue weighted by atomic mass is 32.3. The number of carbonyl (C=O) groups is 2. The van der Waals surface area contributed by atoms with Gasteiger partial charge < -0.3 is 14.9 Å². The Morgan fingerprint density at radius 2 is 1.58 bits per heavy atom. The first kappa shape index (κ1) is 16.8. The van der Waals surface area contributed by atoms with Crippen molar-refractivity contribution >= 4 is 22.3 Å². The second-order valence-corrected chi connectivity index (χ2v) is 3.84. The maximum absolute atomic E-state index is 10.8. The third-order valence-electron chi connectivity index (χ3n) is 1.69. The number of rotatable bonds is 3. The molecular formula is C9H10O9S. The molecule has 1 aromatic rings. The van der Waals surface area contributed by atoms with Gasteiger partial charge in [-0.2, -0.15) is 8.42 Å². The highest BCUT2D eigenvalue weighted by Crippen LogP contribution is 2.22. The molecule has 0 unspecified atom stereocenters. The van der Waals surface area contributed by atoms with E-state index in [0.29, 0.717) is 0 Å². The molecule has 0 heterocycles. The molecule has 0 aliphatic heterocycles. The summed E-state index contributed by atoms with van der Waals surface area (Å²) < 4.78 is 36.3. The minimum atomic E-state index is -4.67. The summed E-state index contributed by atoms with van der Waals surface area (Å²) in [6.07, 6.45) is 0. The zero-order chi connectivity index (χ0) is 15.2. The number of carboxylic acids is 2. The van der Waals surface area contributed by atoms with Gasteiger partial charge in [-0.1, -0.05) is 6.07 Å². The fourth-order valence-corrected chi connectivity index (χ4v) is 1.10. The van der Waals surface area contributed by atoms with Crippen molar-refractivity contribution in [2.75, 3.05) is 7.11 Å². The van der Waals surface area contributed by atoms with Gasteiger partial charge in [0.15, 0.2) is 0 Å². The summed E-state index contributed by atoms with van der Waals surface area (Å²) in [6, 6.07) is 4.04. The van der Waals surface area contributed by atoms with Gasteiger partial charge in [-0.05, 0) is 12.1 Å². The highest BCUT2D eigenvalue weighted by molar-refractivity contribution is 7.79. The lowest BCUT2D eigenvalue weighted by atomic mass is 10.1. The number of hydrogen-bond donors (Lipinski definition) is 4. The zero-order valence-corrected chi connectivity index (χ0v) is 10.3. The fraction of sp³-hybridized carbons (Fsp3) is 0.111. The average molecular weight is 294 g/mol. The molecule has 0 atom stereocenters. The number of carboxylic acid groups (broad SMARTS) is 2. The average Bonchev–Trinajstić information content (AvgIpc) is 2.25. The van der Waals surface area contributed by atoms with Crippen molar-refractivity contribution in [3.05, 3.63) is 29.3 Å². The predicted octanol–water partition coefficient (Wildman–Crippen LogP) is 0.439. The molecule has 0 aliphatic rings. The van der Waals surface area contributed by atoms with Gasteiger partial charge >= 0.3 is 22.3 Å². The lowest BCUT2D eigenvalue weighted by molar-refractivity contribution is 0.0648. The Morgan fingerprint density at radius 1 is 1.11 bits per heavy atom. The summed E-state index contributed by atoms with van der Waals surface area (Å²) in [5, 5.41) is 17.5. The van der Waals surface area contributed by atoms with E-state index in [2.05, 4.69) is 0 Å². The minimum absolute atomic E-state index is 0.0393. The number of hydrogen-bond acceptors (Lipinski definition) is 5. The second kappa shape index (κ2) is 6.68. The van der Waals surface area contributed by atoms with E-state index in [0.717, 1.165) is 0 Å². The van der Waals surface area contributed by atoms with Crippen molar-refractivity contribution < 1.29 is 42.1 Å². The van der Waals surface area contributed by atoms with Crippen LogP contribution in [-0.4, -0.2) is 46.8 Å². The van der Waals surface area contributed by atoms with Crippen LogP contribution in [0.25, 0.3) is 0 Å². The summed E-state index contributed by atoms with van der Waals surface area (Å²) >= 11 is 0. The Labute approximate surface area is 107 Å². The van der Waals surface area contributed by atoms with E-state index >= 15 is 0 Å². The maximum Gasteiger partial charge on any atom is 0.394 e. The number of aromatic carboxylic acids is 2. The van der Waals surface area contributed by atoms with Crippen LogP contribution < -0.4 is 4.74 Å². The van der Waals surface area contributed by atoms with E-state index in [9.17, 15) is 9.59 Å². The van der Waals surface area contributed by atoms with Crippen LogP contribution >= 0.6 is 0 Å². The Balaban J connectivity index is 0.000000555. The monoisotopic (exact) mass is 294 g/mol. The van der Waals surface area contributed by atoms with Crippen molar-refractivity contribution in [2.45, 2.75) is 0 Å². The topological polar surface area (TPSA) is 158 Å². The molecule has 0 aromatic heterocycles. The van der Waals surface area contributed by atoms with Crippen LogP contribution in [0.15, 0.2) is 18.2 Å². The van der Waals surface area contributed by atoms with Gasteiger partial charge in [-0.25, -0.2) is 9.59 Å². The van der Waals surface area contributed by atoms with Crippen molar-refractivity contribution in [2.24, 2.45) is 0 Å². The molecule has 0 aliphatic carbocycles. The summed E-state index contributed by atoms with van der Waals surface area (Å²) in [4.78, 5) is 21.4. The predicted molar refractivity (Wildman–Crippen MR) is 61.1 cm³/mol. The number of methoxy groups -OCH3 is 1. The van der Waals surface area contributed by atoms with Crippen molar-refractivity contribution in [1.29, 1.82) is 0 Å². The third-order valence-corrected chi connectivity index (χ3v) is 1.69. The van der Waals surface area contributed by atoms with Gasteiger partial charge in [0.05, 0.1) is 12.7 Å². The van der Waals surface area contributed by atoms with Crippen LogP contribution in [0.2, 0.25) is 0 Å². The van der Waals surface area contributed by atoms with E-state index in [4.69, 9.17) is 32.5 Å². The lowest BCUT2D eigenvalue weighted by Crippen LogP contribution is -2.09. The van der Waals surface area contributed by atoms with E-state index in [1.807, 2.05) is 0 Å². The van der Waals surface area contributed by atoms with Crippen LogP contribution in [0.3, 0.4) is 0 Å². The van der Waals surface area contributed by atoms with Crippen LogP contribution in [0.5, 0.6) is 5.75 Å². The van der Waals surface area contributed by atoms with Gasteiger partial charge in [-0.15, -0.1) is 0 Å². The van der Waals surface area contributed by atoms with Gasteiger partial charge in [0, 0.05) is 0 Å². The molecule has 0 spiro atoms. The van der Waals surface area contributed by atoms with Crippen LogP contribution in [0.1, 0.15) is 20.7 Å². The first-order valence-corrected chi connectivity index (χ1v) is 5.81. The van der Waals surface area contributed by atoms with Crippen LogP contribution in [-0.2, 0) is 10.4 Å². The van der Waals surface area contributed by atoms with Gasteiger partial charge in [0.25, 0.3) is 0 Å². The number of ether oxygens (including phenoxy) is 1. The van der Waals surface area contributed by atoms with Gasteiger partial charge in [0.2, 0.25) is 0 Å². The molecule has 0 radical (unpaired) electrons. The van der Waals surface area contributed by atoms with Gasteiger partial charge in [0.1, 0.15) is 11.3 Å². The highest BCUT2D eigenvalue weighted by Gasteiger charge is 2.20. The van der Waals surface area contributed by atoms with Crippen LogP contribution in [0.4, 0.5) is 0 Å². The molecule has 106 valence electrons. The van der Waals surface area contributed by atoms with E-state index in [1.54, 1.807) is 0 Å². The molecule has 19 heavy (non-hydrogen) atoms. The normalized spacial score (nSPS) is 10.1. The molecule has 10 heteroatoms. The molecule has 0 saturated heterocycles. The van der Waals surface area contributed by atoms with E-state index in [1.165, 1.54) is 25.3 Å². The molecule has 0 bridgehead atoms. The molecule has 1 rings (SSSR count). The quantitative estimate of drug-likeness (QED) is 0.580. The van der Waals surface area contributed by atoms with Crippen molar-refractivity contribution in [3.8, 4) is 5.75 Å². The molecule has 4 N–H and O–H groups in total. The smallest absolute Gasteiger partial charge is 0.394 e. The first-order chi connectivity index (χ1) is 8.57. The third kappa shape index (κ3) is 6.35. The largest absolute Gasteiger partial charge is 0.496 e. The lowest BCUT2D eigenvalue weighted by Gasteiger charge is -2.06. The standard InChI is InChI=1S/C9H8O5.H2O4S/c1-14-6-4-2-3-5(8(10)11)7(6)9(12)13;1-5(2,3)4/h2-4H,1H3,(H,10,11)(H,12,13);(H2,1,2,3,4). The first-order valence-electron chi connectivity index (χ1n) is 4.41. The Hall–Kier alpha value is -2.17. The van der Waals surface area contributed by atoms with Crippen molar-refractivity contribution in [3.63, 3.8) is 0 Å². The van der Waals surface area contributed by atoms with Crippen molar-refractivity contribution in [1.82, 2.24) is 0 Å². The summed E-state index contributed by atoms with van der Waals surface area (Å²) in [6.45, 7) is 0. The Morgan fingerprint density at radius 3 is 1.89 bits per heavy atom. The number of benzene rings is 1. The fourth-order valence-electron chi connectivity index (χ4n) is 1.10.